The van der Waals surface area contributed by atoms with Crippen molar-refractivity contribution in [1.29, 1.82) is 0 Å². The van der Waals surface area contributed by atoms with Crippen molar-refractivity contribution in [2.75, 3.05) is 11.9 Å². The van der Waals surface area contributed by atoms with Crippen LogP contribution in [0.4, 0.5) is 18.9 Å². The van der Waals surface area contributed by atoms with E-state index in [1.54, 1.807) is 6.07 Å². The highest BCUT2D eigenvalue weighted by Crippen LogP contribution is 2.27. The third kappa shape index (κ3) is 5.24. The van der Waals surface area contributed by atoms with E-state index in [0.29, 0.717) is 27.7 Å². The van der Waals surface area contributed by atoms with Gasteiger partial charge in [0.15, 0.2) is 6.61 Å². The van der Waals surface area contributed by atoms with Crippen LogP contribution in [0.3, 0.4) is 0 Å². The van der Waals surface area contributed by atoms with Crippen LogP contribution in [-0.2, 0) is 9.53 Å². The number of esters is 1. The topological polar surface area (TPSA) is 55.4 Å². The highest BCUT2D eigenvalue weighted by molar-refractivity contribution is 7.99. The zero-order valence-corrected chi connectivity index (χ0v) is 15.2. The molecule has 0 aliphatic rings. The van der Waals surface area contributed by atoms with Crippen LogP contribution in [0.15, 0.2) is 53.4 Å². The van der Waals surface area contributed by atoms with E-state index in [2.05, 4.69) is 5.32 Å². The van der Waals surface area contributed by atoms with Crippen LogP contribution in [0.1, 0.15) is 9.67 Å². The van der Waals surface area contributed by atoms with Gasteiger partial charge < -0.3 is 10.1 Å². The number of amides is 1. The Bertz CT molecular complexity index is 974. The van der Waals surface area contributed by atoms with Crippen molar-refractivity contribution < 1.29 is 27.5 Å². The Morgan fingerprint density at radius 3 is 2.56 bits per heavy atom. The van der Waals surface area contributed by atoms with Gasteiger partial charge in [-0.15, -0.1) is 11.3 Å². The van der Waals surface area contributed by atoms with E-state index in [-0.39, 0.29) is 4.88 Å². The Labute approximate surface area is 160 Å². The van der Waals surface area contributed by atoms with Crippen LogP contribution in [0, 0.1) is 5.82 Å². The molecule has 0 fully saturated rings. The molecule has 4 nitrogen and oxygen atoms in total. The first kappa shape index (κ1) is 19.2. The number of benzene rings is 2. The number of rotatable bonds is 6. The van der Waals surface area contributed by atoms with Crippen molar-refractivity contribution in [3.63, 3.8) is 0 Å². The molecule has 1 aromatic heterocycles. The maximum absolute atomic E-state index is 13.2. The molecule has 0 radical (unpaired) electrons. The van der Waals surface area contributed by atoms with E-state index in [0.717, 1.165) is 16.0 Å². The lowest BCUT2D eigenvalue weighted by molar-refractivity contribution is -0.119. The Hall–Kier alpha value is -2.52. The Kier molecular flexibility index (Phi) is 6.02. The number of carbonyl (C=O) groups excluding carboxylic acids is 2. The van der Waals surface area contributed by atoms with Gasteiger partial charge in [0.05, 0.1) is 0 Å². The van der Waals surface area contributed by atoms with Gasteiger partial charge in [-0.2, -0.15) is 8.78 Å². The molecule has 1 amide bonds. The first-order chi connectivity index (χ1) is 12.9. The summed E-state index contributed by atoms with van der Waals surface area (Å²) in [7, 11) is 0. The number of alkyl halides is 2. The van der Waals surface area contributed by atoms with Crippen LogP contribution in [0.25, 0.3) is 10.1 Å². The van der Waals surface area contributed by atoms with Gasteiger partial charge in [-0.05, 0) is 53.9 Å². The van der Waals surface area contributed by atoms with Crippen molar-refractivity contribution in [2.24, 2.45) is 0 Å². The maximum atomic E-state index is 13.2. The van der Waals surface area contributed by atoms with E-state index < -0.39 is 30.1 Å². The number of fused-ring (bicyclic) bond motifs is 1. The first-order valence-electron chi connectivity index (χ1n) is 7.61. The second-order valence-corrected chi connectivity index (χ2v) is 7.47. The summed E-state index contributed by atoms with van der Waals surface area (Å²) in [6.07, 6.45) is 0. The fourth-order valence-electron chi connectivity index (χ4n) is 2.23. The van der Waals surface area contributed by atoms with Gasteiger partial charge in [-0.3, -0.25) is 4.79 Å². The summed E-state index contributed by atoms with van der Waals surface area (Å²) < 4.78 is 43.4. The third-order valence-corrected chi connectivity index (χ3v) is 5.20. The minimum Gasteiger partial charge on any atom is -0.451 e. The molecule has 1 N–H and O–H groups in total. The monoisotopic (exact) mass is 411 g/mol. The van der Waals surface area contributed by atoms with Gasteiger partial charge in [0.25, 0.3) is 11.7 Å². The summed E-state index contributed by atoms with van der Waals surface area (Å²) in [6, 6.07) is 11.5. The Morgan fingerprint density at radius 1 is 1.11 bits per heavy atom. The van der Waals surface area contributed by atoms with Crippen LogP contribution in [0.5, 0.6) is 0 Å². The molecule has 0 saturated heterocycles. The predicted molar refractivity (Wildman–Crippen MR) is 99.0 cm³/mol. The summed E-state index contributed by atoms with van der Waals surface area (Å²) in [6.45, 7) is -0.505. The van der Waals surface area contributed by atoms with Crippen molar-refractivity contribution >= 4 is 50.7 Å². The number of thiophene rings is 1. The van der Waals surface area contributed by atoms with Gasteiger partial charge >= 0.3 is 5.97 Å². The van der Waals surface area contributed by atoms with Gasteiger partial charge in [0.2, 0.25) is 0 Å². The largest absolute Gasteiger partial charge is 0.451 e. The van der Waals surface area contributed by atoms with Crippen molar-refractivity contribution in [2.45, 2.75) is 10.7 Å². The number of nitrogens with one attached hydrogen (secondary N) is 1. The summed E-state index contributed by atoms with van der Waals surface area (Å²) in [5.74, 6) is -4.17. The molecule has 9 heteroatoms. The highest BCUT2D eigenvalue weighted by Gasteiger charge is 2.14. The highest BCUT2D eigenvalue weighted by atomic mass is 32.2. The second kappa shape index (κ2) is 8.45. The summed E-state index contributed by atoms with van der Waals surface area (Å²) in [5, 5.41) is 3.09. The molecule has 0 bridgehead atoms. The maximum Gasteiger partial charge on any atom is 0.348 e. The lowest BCUT2D eigenvalue weighted by Gasteiger charge is -2.07. The molecule has 3 aromatic rings. The zero-order chi connectivity index (χ0) is 19.4. The van der Waals surface area contributed by atoms with E-state index in [9.17, 15) is 22.8 Å². The molecule has 0 saturated carbocycles. The number of carbonyl (C=O) groups is 2. The fourth-order valence-corrected chi connectivity index (χ4v) is 3.67. The molecule has 0 spiro atoms. The molecular weight excluding hydrogens is 399 g/mol. The van der Waals surface area contributed by atoms with E-state index >= 15 is 0 Å². The van der Waals surface area contributed by atoms with Crippen molar-refractivity contribution in [3.8, 4) is 0 Å². The molecule has 0 aliphatic carbocycles. The Morgan fingerprint density at radius 2 is 1.85 bits per heavy atom. The van der Waals surface area contributed by atoms with Crippen LogP contribution >= 0.6 is 23.1 Å². The summed E-state index contributed by atoms with van der Waals surface area (Å²) in [4.78, 5) is 24.5. The average Bonchev–Trinajstić information content (AvgIpc) is 3.04. The molecule has 27 heavy (non-hydrogen) atoms. The average molecular weight is 411 g/mol. The minimum atomic E-state index is -2.52. The molecule has 0 atom stereocenters. The van der Waals surface area contributed by atoms with E-state index in [1.807, 2.05) is 0 Å². The molecule has 140 valence electrons. The van der Waals surface area contributed by atoms with Crippen molar-refractivity contribution in [1.82, 2.24) is 0 Å². The Balaban J connectivity index is 1.54. The lowest BCUT2D eigenvalue weighted by atomic mass is 10.2. The number of hydrogen-bond acceptors (Lipinski definition) is 5. The standard InChI is InChI=1S/C18H12F3NO3S2/c19-11-1-6-14-10(7-11)8-15(27-14)17(24)25-9-16(23)22-12-2-4-13(5-3-12)26-18(20)21/h1-8,18H,9H2,(H,22,23). The molecule has 2 aromatic carbocycles. The summed E-state index contributed by atoms with van der Waals surface area (Å²) >= 11 is 1.54. The number of hydrogen-bond donors (Lipinski definition) is 1. The second-order valence-electron chi connectivity index (χ2n) is 5.32. The van der Waals surface area contributed by atoms with Crippen LogP contribution < -0.4 is 5.32 Å². The molecular formula is C18H12F3NO3S2. The van der Waals surface area contributed by atoms with Crippen molar-refractivity contribution in [3.05, 3.63) is 59.2 Å². The van der Waals surface area contributed by atoms with Gasteiger partial charge in [-0.25, -0.2) is 9.18 Å². The van der Waals surface area contributed by atoms with Gasteiger partial charge in [0.1, 0.15) is 10.7 Å². The number of halogens is 3. The third-order valence-electron chi connectivity index (χ3n) is 3.38. The lowest BCUT2D eigenvalue weighted by Crippen LogP contribution is -2.20. The smallest absolute Gasteiger partial charge is 0.348 e. The van der Waals surface area contributed by atoms with E-state index in [1.165, 1.54) is 42.5 Å². The SMILES string of the molecule is O=C(COC(=O)c1cc2cc(F)ccc2s1)Nc1ccc(SC(F)F)cc1. The molecule has 0 aliphatic heterocycles. The zero-order valence-electron chi connectivity index (χ0n) is 13.6. The number of ether oxygens (including phenoxy) is 1. The first-order valence-corrected chi connectivity index (χ1v) is 9.31. The van der Waals surface area contributed by atoms with Gasteiger partial charge in [-0.1, -0.05) is 11.8 Å². The predicted octanol–water partition coefficient (Wildman–Crippen LogP) is 5.15. The fraction of sp³-hybridized carbons (Fsp3) is 0.111. The molecule has 1 heterocycles. The normalized spacial score (nSPS) is 11.0. The minimum absolute atomic E-state index is 0.261. The molecule has 0 unspecified atom stereocenters. The number of anilines is 1. The summed E-state index contributed by atoms with van der Waals surface area (Å²) in [5.41, 5.74) is 0.395. The molecule has 3 rings (SSSR count). The quantitative estimate of drug-likeness (QED) is 0.450. The van der Waals surface area contributed by atoms with Crippen LogP contribution in [-0.4, -0.2) is 24.2 Å². The van der Waals surface area contributed by atoms with Crippen LogP contribution in [0.2, 0.25) is 0 Å². The van der Waals surface area contributed by atoms with E-state index in [4.69, 9.17) is 4.74 Å². The van der Waals surface area contributed by atoms with Gasteiger partial charge in [0, 0.05) is 15.3 Å². The number of thioether (sulfide) groups is 1.